The highest BCUT2D eigenvalue weighted by atomic mass is 32.2. The molecule has 0 saturated carbocycles. The third kappa shape index (κ3) is 4.69. The van der Waals surface area contributed by atoms with Gasteiger partial charge in [0, 0.05) is 22.6 Å². The van der Waals surface area contributed by atoms with Gasteiger partial charge in [0.2, 0.25) is 11.0 Å². The standard InChI is InChI=1S/C23H26N4O3S/c1-4-6-13-31-23-25-22-20(26-27-23)16-9-7-8-10-17(16)24-21(30-22)15-11-12-18(29-5-2)19(14-15)28-3/h7-12,14,21,24H,4-6,13H2,1-3H3/t21-/m0/s1. The summed E-state index contributed by atoms with van der Waals surface area (Å²) in [6.07, 6.45) is 1.75. The van der Waals surface area contributed by atoms with Gasteiger partial charge in [-0.25, -0.2) is 0 Å². The number of methoxy groups -OCH3 is 1. The van der Waals surface area contributed by atoms with E-state index in [1.54, 1.807) is 18.9 Å². The Hall–Kier alpha value is -3.00. The van der Waals surface area contributed by atoms with Crippen molar-refractivity contribution >= 4 is 17.4 Å². The second-order valence-electron chi connectivity index (χ2n) is 6.98. The average Bonchev–Trinajstić information content (AvgIpc) is 2.96. The van der Waals surface area contributed by atoms with E-state index in [1.807, 2.05) is 49.4 Å². The molecule has 2 aromatic carbocycles. The fraction of sp³-hybridized carbons (Fsp3) is 0.348. The van der Waals surface area contributed by atoms with Gasteiger partial charge in [0.25, 0.3) is 0 Å². The number of unbranched alkanes of at least 4 members (excludes halogenated alkanes) is 1. The molecule has 162 valence electrons. The number of hydrogen-bond acceptors (Lipinski definition) is 8. The summed E-state index contributed by atoms with van der Waals surface area (Å²) in [5.74, 6) is 2.76. The number of ether oxygens (including phenoxy) is 3. The summed E-state index contributed by atoms with van der Waals surface area (Å²) < 4.78 is 17.5. The zero-order chi connectivity index (χ0) is 21.6. The molecule has 0 radical (unpaired) electrons. The first-order valence-corrected chi connectivity index (χ1v) is 11.4. The van der Waals surface area contributed by atoms with Crippen molar-refractivity contribution in [3.63, 3.8) is 0 Å². The molecule has 1 aromatic heterocycles. The fourth-order valence-corrected chi connectivity index (χ4v) is 4.15. The Labute approximate surface area is 186 Å². The van der Waals surface area contributed by atoms with Crippen molar-refractivity contribution in [3.8, 4) is 28.6 Å². The molecule has 1 atom stereocenters. The number of rotatable bonds is 8. The number of hydrogen-bond donors (Lipinski definition) is 1. The summed E-state index contributed by atoms with van der Waals surface area (Å²) in [5, 5.41) is 12.9. The van der Waals surface area contributed by atoms with Crippen LogP contribution in [0.4, 0.5) is 5.69 Å². The maximum Gasteiger partial charge on any atom is 0.247 e. The second-order valence-corrected chi connectivity index (χ2v) is 8.04. The van der Waals surface area contributed by atoms with Crippen molar-refractivity contribution in [2.24, 2.45) is 0 Å². The molecule has 0 saturated heterocycles. The van der Waals surface area contributed by atoms with E-state index in [9.17, 15) is 0 Å². The number of fused-ring (bicyclic) bond motifs is 3. The van der Waals surface area contributed by atoms with E-state index in [4.69, 9.17) is 14.2 Å². The number of aromatic nitrogens is 3. The minimum atomic E-state index is -0.475. The van der Waals surface area contributed by atoms with Crippen molar-refractivity contribution < 1.29 is 14.2 Å². The second kappa shape index (κ2) is 9.87. The van der Waals surface area contributed by atoms with E-state index in [2.05, 4.69) is 27.4 Å². The summed E-state index contributed by atoms with van der Waals surface area (Å²) in [6.45, 7) is 4.67. The van der Waals surface area contributed by atoms with E-state index < -0.39 is 6.23 Å². The number of para-hydroxylation sites is 1. The highest BCUT2D eigenvalue weighted by Gasteiger charge is 2.26. The summed E-state index contributed by atoms with van der Waals surface area (Å²) in [5.41, 5.74) is 3.33. The van der Waals surface area contributed by atoms with Crippen LogP contribution >= 0.6 is 11.8 Å². The number of anilines is 1. The molecule has 0 aliphatic carbocycles. The van der Waals surface area contributed by atoms with Gasteiger partial charge in [-0.2, -0.15) is 4.98 Å². The first-order valence-electron chi connectivity index (χ1n) is 10.4. The molecule has 1 aliphatic rings. The van der Waals surface area contributed by atoms with Crippen LogP contribution in [0.5, 0.6) is 17.4 Å². The van der Waals surface area contributed by atoms with E-state index in [0.29, 0.717) is 34.8 Å². The van der Waals surface area contributed by atoms with E-state index >= 15 is 0 Å². The highest BCUT2D eigenvalue weighted by molar-refractivity contribution is 7.99. The molecule has 1 aliphatic heterocycles. The van der Waals surface area contributed by atoms with Crippen LogP contribution in [0.1, 0.15) is 38.5 Å². The Balaban J connectivity index is 1.72. The lowest BCUT2D eigenvalue weighted by Gasteiger charge is -2.20. The van der Waals surface area contributed by atoms with Gasteiger partial charge in [-0.15, -0.1) is 10.2 Å². The summed E-state index contributed by atoms with van der Waals surface area (Å²) in [7, 11) is 1.63. The first-order chi connectivity index (χ1) is 15.2. The Morgan fingerprint density at radius 3 is 2.77 bits per heavy atom. The van der Waals surface area contributed by atoms with Gasteiger partial charge in [0.05, 0.1) is 13.7 Å². The topological polar surface area (TPSA) is 78.4 Å². The molecule has 2 heterocycles. The SMILES string of the molecule is CCCCSc1nnc2c(n1)O[C@@H](c1ccc(OCC)c(OC)c1)Nc1ccccc1-2. The lowest BCUT2D eigenvalue weighted by Crippen LogP contribution is -2.17. The predicted octanol–water partition coefficient (Wildman–Crippen LogP) is 5.34. The quantitative estimate of drug-likeness (QED) is 0.373. The van der Waals surface area contributed by atoms with Crippen LogP contribution < -0.4 is 19.5 Å². The molecule has 0 spiro atoms. The molecule has 7 nitrogen and oxygen atoms in total. The molecule has 1 N–H and O–H groups in total. The Morgan fingerprint density at radius 1 is 1.10 bits per heavy atom. The van der Waals surface area contributed by atoms with Crippen molar-refractivity contribution in [3.05, 3.63) is 48.0 Å². The first kappa shape index (κ1) is 21.2. The summed E-state index contributed by atoms with van der Waals surface area (Å²) >= 11 is 1.59. The van der Waals surface area contributed by atoms with Crippen LogP contribution in [0.15, 0.2) is 47.6 Å². The van der Waals surface area contributed by atoms with E-state index in [0.717, 1.165) is 35.4 Å². The van der Waals surface area contributed by atoms with Gasteiger partial charge >= 0.3 is 0 Å². The zero-order valence-electron chi connectivity index (χ0n) is 17.9. The van der Waals surface area contributed by atoms with Crippen molar-refractivity contribution in [1.82, 2.24) is 15.2 Å². The van der Waals surface area contributed by atoms with Gasteiger partial charge in [-0.05, 0) is 37.6 Å². The zero-order valence-corrected chi connectivity index (χ0v) is 18.7. The third-order valence-electron chi connectivity index (χ3n) is 4.85. The molecule has 8 heteroatoms. The lowest BCUT2D eigenvalue weighted by atomic mass is 10.1. The Morgan fingerprint density at radius 2 is 1.97 bits per heavy atom. The van der Waals surface area contributed by atoms with Crippen LogP contribution in [0, 0.1) is 0 Å². The molecule has 3 aromatic rings. The maximum atomic E-state index is 6.34. The van der Waals surface area contributed by atoms with Gasteiger partial charge in [0.1, 0.15) is 0 Å². The van der Waals surface area contributed by atoms with Crippen molar-refractivity contribution in [2.75, 3.05) is 24.8 Å². The smallest absolute Gasteiger partial charge is 0.247 e. The number of nitrogens with zero attached hydrogens (tertiary/aromatic N) is 3. The summed E-state index contributed by atoms with van der Waals surface area (Å²) in [4.78, 5) is 4.68. The molecule has 0 unspecified atom stereocenters. The van der Waals surface area contributed by atoms with E-state index in [-0.39, 0.29) is 0 Å². The highest BCUT2D eigenvalue weighted by Crippen LogP contribution is 2.40. The summed E-state index contributed by atoms with van der Waals surface area (Å²) in [6, 6.07) is 13.7. The number of benzene rings is 2. The minimum absolute atomic E-state index is 0.462. The van der Waals surface area contributed by atoms with Gasteiger partial charge < -0.3 is 19.5 Å². The minimum Gasteiger partial charge on any atom is -0.493 e. The molecular formula is C23H26N4O3S. The normalized spacial score (nSPS) is 14.5. The van der Waals surface area contributed by atoms with E-state index in [1.165, 1.54) is 0 Å². The van der Waals surface area contributed by atoms with Gasteiger partial charge in [0.15, 0.2) is 23.4 Å². The van der Waals surface area contributed by atoms with Crippen molar-refractivity contribution in [1.29, 1.82) is 0 Å². The molecule has 0 bridgehead atoms. The van der Waals surface area contributed by atoms with Gasteiger partial charge in [-0.3, -0.25) is 0 Å². The molecular weight excluding hydrogens is 412 g/mol. The third-order valence-corrected chi connectivity index (χ3v) is 5.78. The lowest BCUT2D eigenvalue weighted by molar-refractivity contribution is 0.224. The Kier molecular flexibility index (Phi) is 6.76. The number of nitrogens with one attached hydrogen (secondary N) is 1. The number of thioether (sulfide) groups is 1. The molecule has 4 rings (SSSR count). The maximum absolute atomic E-state index is 6.34. The molecule has 0 fully saturated rings. The van der Waals surface area contributed by atoms with Gasteiger partial charge in [-0.1, -0.05) is 43.3 Å². The van der Waals surface area contributed by atoms with Crippen LogP contribution in [0.2, 0.25) is 0 Å². The largest absolute Gasteiger partial charge is 0.493 e. The monoisotopic (exact) mass is 438 g/mol. The Bertz CT molecular complexity index is 1050. The van der Waals surface area contributed by atoms with Crippen LogP contribution in [0.3, 0.4) is 0 Å². The molecule has 31 heavy (non-hydrogen) atoms. The molecule has 0 amide bonds. The fourth-order valence-electron chi connectivity index (χ4n) is 3.29. The van der Waals surface area contributed by atoms with Crippen LogP contribution in [0.25, 0.3) is 11.3 Å². The average molecular weight is 439 g/mol. The van der Waals surface area contributed by atoms with Crippen LogP contribution in [-0.4, -0.2) is 34.7 Å². The van der Waals surface area contributed by atoms with Crippen LogP contribution in [-0.2, 0) is 0 Å². The predicted molar refractivity (Wildman–Crippen MR) is 122 cm³/mol. The van der Waals surface area contributed by atoms with Crippen molar-refractivity contribution in [2.45, 2.75) is 38.1 Å².